The lowest BCUT2D eigenvalue weighted by Gasteiger charge is -2.36. The molecule has 0 bridgehead atoms. The fourth-order valence-electron chi connectivity index (χ4n) is 3.38. The van der Waals surface area contributed by atoms with Gasteiger partial charge in [-0.25, -0.2) is 8.42 Å². The fraction of sp³-hybridized carbons (Fsp3) is 0.526. The highest BCUT2D eigenvalue weighted by Gasteiger charge is 2.32. The number of rotatable bonds is 4. The number of nitrogens with zero attached hydrogens (tertiary/aromatic N) is 2. The van der Waals surface area contributed by atoms with Gasteiger partial charge < -0.3 is 10.2 Å². The van der Waals surface area contributed by atoms with Crippen LogP contribution in [0, 0.1) is 34.6 Å². The molecule has 0 unspecified atom stereocenters. The van der Waals surface area contributed by atoms with Gasteiger partial charge in [-0.3, -0.25) is 0 Å². The number of piperazine rings is 1. The van der Waals surface area contributed by atoms with Crippen LogP contribution in [0.25, 0.3) is 0 Å². The smallest absolute Gasteiger partial charge is 0.243 e. The molecule has 0 spiro atoms. The highest BCUT2D eigenvalue weighted by Crippen LogP contribution is 2.31. The molecule has 1 aliphatic rings. The third-order valence-electron chi connectivity index (χ3n) is 5.45. The van der Waals surface area contributed by atoms with E-state index in [4.69, 9.17) is 12.2 Å². The van der Waals surface area contributed by atoms with E-state index in [1.807, 2.05) is 32.6 Å². The normalized spacial score (nSPS) is 15.8. The molecule has 144 valence electrons. The third kappa shape index (κ3) is 3.80. The Labute approximate surface area is 163 Å². The van der Waals surface area contributed by atoms with Gasteiger partial charge in [-0.1, -0.05) is 6.08 Å². The van der Waals surface area contributed by atoms with Crippen molar-refractivity contribution in [2.24, 2.45) is 0 Å². The molecule has 0 atom stereocenters. The van der Waals surface area contributed by atoms with Crippen LogP contribution in [0.2, 0.25) is 0 Å². The average molecular weight is 396 g/mol. The second kappa shape index (κ2) is 8.06. The number of nitrogens with one attached hydrogen (secondary N) is 1. The Bertz CT molecular complexity index is 795. The van der Waals surface area contributed by atoms with Gasteiger partial charge >= 0.3 is 0 Å². The summed E-state index contributed by atoms with van der Waals surface area (Å²) in [6, 6.07) is 0. The molecule has 1 fully saturated rings. The van der Waals surface area contributed by atoms with Crippen LogP contribution in [-0.2, 0) is 10.0 Å². The van der Waals surface area contributed by atoms with Crippen LogP contribution in [-0.4, -0.2) is 55.5 Å². The van der Waals surface area contributed by atoms with E-state index in [0.29, 0.717) is 42.7 Å². The highest BCUT2D eigenvalue weighted by atomic mass is 32.2. The van der Waals surface area contributed by atoms with Gasteiger partial charge in [-0.15, -0.1) is 6.58 Å². The van der Waals surface area contributed by atoms with E-state index in [0.717, 1.165) is 22.3 Å². The molecule has 0 amide bonds. The Morgan fingerprint density at radius 1 is 1.00 bits per heavy atom. The van der Waals surface area contributed by atoms with Crippen molar-refractivity contribution in [3.05, 3.63) is 40.5 Å². The van der Waals surface area contributed by atoms with E-state index >= 15 is 0 Å². The molecule has 1 aliphatic heterocycles. The van der Waals surface area contributed by atoms with Crippen molar-refractivity contribution < 1.29 is 8.42 Å². The van der Waals surface area contributed by atoms with Crippen molar-refractivity contribution in [1.29, 1.82) is 0 Å². The minimum absolute atomic E-state index is 0.434. The molecule has 1 aromatic rings. The van der Waals surface area contributed by atoms with E-state index in [2.05, 4.69) is 18.8 Å². The molecule has 1 saturated heterocycles. The van der Waals surface area contributed by atoms with Crippen LogP contribution in [0.15, 0.2) is 17.6 Å². The van der Waals surface area contributed by atoms with Crippen molar-refractivity contribution >= 4 is 27.4 Å². The Hall–Kier alpha value is -1.44. The Balaban J connectivity index is 2.26. The average Bonchev–Trinajstić information content (AvgIpc) is 2.62. The molecule has 2 rings (SSSR count). The van der Waals surface area contributed by atoms with Crippen molar-refractivity contribution in [3.63, 3.8) is 0 Å². The Morgan fingerprint density at radius 2 is 1.46 bits per heavy atom. The maximum absolute atomic E-state index is 13.3. The highest BCUT2D eigenvalue weighted by molar-refractivity contribution is 7.89. The van der Waals surface area contributed by atoms with E-state index in [1.54, 1.807) is 10.4 Å². The summed E-state index contributed by atoms with van der Waals surface area (Å²) in [4.78, 5) is 2.48. The molecule has 0 radical (unpaired) electrons. The van der Waals surface area contributed by atoms with Crippen LogP contribution in [0.1, 0.15) is 27.8 Å². The maximum Gasteiger partial charge on any atom is 0.243 e. The zero-order valence-electron chi connectivity index (χ0n) is 16.3. The molecule has 1 heterocycles. The van der Waals surface area contributed by atoms with E-state index in [9.17, 15) is 8.42 Å². The molecular weight excluding hydrogens is 366 g/mol. The quantitative estimate of drug-likeness (QED) is 0.627. The first kappa shape index (κ1) is 20.9. The van der Waals surface area contributed by atoms with Crippen molar-refractivity contribution in [2.75, 3.05) is 32.7 Å². The summed E-state index contributed by atoms with van der Waals surface area (Å²) < 4.78 is 28.3. The van der Waals surface area contributed by atoms with Gasteiger partial charge in [0.15, 0.2) is 5.11 Å². The fourth-order valence-corrected chi connectivity index (χ4v) is 5.63. The summed E-state index contributed by atoms with van der Waals surface area (Å²) >= 11 is 5.35. The number of sulfonamides is 1. The predicted octanol–water partition coefficient (Wildman–Crippen LogP) is 2.60. The first-order valence-corrected chi connectivity index (χ1v) is 10.7. The van der Waals surface area contributed by atoms with Crippen LogP contribution >= 0.6 is 12.2 Å². The summed E-state index contributed by atoms with van der Waals surface area (Å²) in [5.74, 6) is 0. The SMILES string of the molecule is C=CCNC(=S)N1CCN(S(=O)(=O)c2c(C)c(C)c(C)c(C)c2C)CC1. The molecule has 1 aromatic carbocycles. The van der Waals surface area contributed by atoms with Crippen LogP contribution in [0.3, 0.4) is 0 Å². The molecule has 0 saturated carbocycles. The first-order chi connectivity index (χ1) is 12.1. The minimum atomic E-state index is -3.52. The molecule has 7 heteroatoms. The van der Waals surface area contributed by atoms with Gasteiger partial charge in [0.05, 0.1) is 4.90 Å². The van der Waals surface area contributed by atoms with Gasteiger partial charge in [-0.2, -0.15) is 4.31 Å². The van der Waals surface area contributed by atoms with Crippen molar-refractivity contribution in [2.45, 2.75) is 39.5 Å². The number of benzene rings is 1. The lowest BCUT2D eigenvalue weighted by molar-refractivity contribution is 0.264. The molecule has 0 aliphatic carbocycles. The first-order valence-electron chi connectivity index (χ1n) is 8.83. The summed E-state index contributed by atoms with van der Waals surface area (Å²) in [6.07, 6.45) is 1.75. The zero-order valence-corrected chi connectivity index (χ0v) is 18.0. The topological polar surface area (TPSA) is 52.6 Å². The number of thiocarbonyl (C=S) groups is 1. The van der Waals surface area contributed by atoms with E-state index in [-0.39, 0.29) is 0 Å². The summed E-state index contributed by atoms with van der Waals surface area (Å²) in [6.45, 7) is 16.2. The molecule has 5 nitrogen and oxygen atoms in total. The monoisotopic (exact) mass is 395 g/mol. The number of hydrogen-bond acceptors (Lipinski definition) is 3. The predicted molar refractivity (Wildman–Crippen MR) is 111 cm³/mol. The lowest BCUT2D eigenvalue weighted by atomic mass is 9.95. The zero-order chi connectivity index (χ0) is 19.6. The molecule has 0 aromatic heterocycles. The van der Waals surface area contributed by atoms with Crippen LogP contribution < -0.4 is 5.32 Å². The second-order valence-corrected chi connectivity index (χ2v) is 9.08. The Morgan fingerprint density at radius 3 is 1.92 bits per heavy atom. The third-order valence-corrected chi connectivity index (χ3v) is 8.03. The van der Waals surface area contributed by atoms with Crippen LogP contribution in [0.4, 0.5) is 0 Å². The summed E-state index contributed by atoms with van der Waals surface area (Å²) in [7, 11) is -3.52. The molecule has 1 N–H and O–H groups in total. The minimum Gasteiger partial charge on any atom is -0.359 e. The summed E-state index contributed by atoms with van der Waals surface area (Å²) in [5.41, 5.74) is 5.00. The van der Waals surface area contributed by atoms with Gasteiger partial charge in [0.2, 0.25) is 10.0 Å². The second-order valence-electron chi connectivity index (χ2n) is 6.82. The standard InChI is InChI=1S/C19H29N3O2S2/c1-7-8-20-19(25)21-9-11-22(12-10-21)26(23,24)18-16(5)14(3)13(2)15(4)17(18)6/h7H,1,8-12H2,2-6H3,(H,20,25). The van der Waals surface area contributed by atoms with E-state index < -0.39 is 10.0 Å². The van der Waals surface area contributed by atoms with Crippen LogP contribution in [0.5, 0.6) is 0 Å². The van der Waals surface area contributed by atoms with Crippen molar-refractivity contribution in [3.8, 4) is 0 Å². The van der Waals surface area contributed by atoms with Gasteiger partial charge in [0, 0.05) is 32.7 Å². The molecule has 26 heavy (non-hydrogen) atoms. The van der Waals surface area contributed by atoms with Gasteiger partial charge in [-0.05, 0) is 74.7 Å². The maximum atomic E-state index is 13.3. The largest absolute Gasteiger partial charge is 0.359 e. The van der Waals surface area contributed by atoms with Gasteiger partial charge in [0.1, 0.15) is 0 Å². The van der Waals surface area contributed by atoms with Gasteiger partial charge in [0.25, 0.3) is 0 Å². The summed E-state index contributed by atoms with van der Waals surface area (Å²) in [5, 5.41) is 3.75. The van der Waals surface area contributed by atoms with Crippen molar-refractivity contribution in [1.82, 2.24) is 14.5 Å². The van der Waals surface area contributed by atoms with E-state index in [1.165, 1.54) is 5.56 Å². The molecular formula is C19H29N3O2S2. The Kier molecular flexibility index (Phi) is 6.47. The lowest BCUT2D eigenvalue weighted by Crippen LogP contribution is -2.53. The number of hydrogen-bond donors (Lipinski definition) is 1.